The van der Waals surface area contributed by atoms with Gasteiger partial charge in [0, 0.05) is 56.7 Å². The highest BCUT2D eigenvalue weighted by Gasteiger charge is 2.44. The highest BCUT2D eigenvalue weighted by atomic mass is 19.1. The van der Waals surface area contributed by atoms with Gasteiger partial charge in [0.2, 0.25) is 5.91 Å². The van der Waals surface area contributed by atoms with Gasteiger partial charge >= 0.3 is 0 Å². The van der Waals surface area contributed by atoms with Crippen molar-refractivity contribution in [2.45, 2.75) is 37.8 Å². The van der Waals surface area contributed by atoms with Gasteiger partial charge in [-0.15, -0.1) is 0 Å². The van der Waals surface area contributed by atoms with Crippen LogP contribution in [-0.2, 0) is 4.79 Å². The van der Waals surface area contributed by atoms with Crippen molar-refractivity contribution in [3.05, 3.63) is 65.9 Å². The Hall–Kier alpha value is -3.73. The minimum Gasteiger partial charge on any atom is -0.355 e. The van der Waals surface area contributed by atoms with Gasteiger partial charge in [0.05, 0.1) is 17.5 Å². The molecule has 1 aliphatic carbocycles. The highest BCUT2D eigenvalue weighted by molar-refractivity contribution is 5.94. The van der Waals surface area contributed by atoms with E-state index in [4.69, 9.17) is 4.52 Å². The Kier molecular flexibility index (Phi) is 6.61. The van der Waals surface area contributed by atoms with Crippen molar-refractivity contribution >= 4 is 11.8 Å². The van der Waals surface area contributed by atoms with Crippen molar-refractivity contribution in [2.24, 2.45) is 11.8 Å². The number of nitrogens with one attached hydrogen (secondary N) is 1. The smallest absolute Gasteiger partial charge is 0.273 e. The fourth-order valence-electron chi connectivity index (χ4n) is 5.33. The summed E-state index contributed by atoms with van der Waals surface area (Å²) in [5.74, 6) is -1.15. The third-order valence-electron chi connectivity index (χ3n) is 7.67. The molecular weight excluding hydrogens is 494 g/mol. The molecule has 1 saturated carbocycles. The number of piperidine rings is 1. The lowest BCUT2D eigenvalue weighted by Gasteiger charge is -2.45. The average molecular weight is 523 g/mol. The summed E-state index contributed by atoms with van der Waals surface area (Å²) in [5, 5.41) is 6.78. The SMILES string of the molecule is O=C(N[C@H]1CCN(CC2CC2)C[C@@H]1C(=O)N1CC[C@@H]1c1ncccn1)c1cc(-c2ccc(F)cc2F)on1. The van der Waals surface area contributed by atoms with Gasteiger partial charge in [0.15, 0.2) is 17.3 Å². The van der Waals surface area contributed by atoms with Gasteiger partial charge in [-0.05, 0) is 49.8 Å². The summed E-state index contributed by atoms with van der Waals surface area (Å²) in [7, 11) is 0. The molecule has 0 radical (unpaired) electrons. The maximum Gasteiger partial charge on any atom is 0.273 e. The van der Waals surface area contributed by atoms with Crippen LogP contribution in [0.2, 0.25) is 0 Å². The molecule has 0 bridgehead atoms. The number of rotatable bonds is 7. The van der Waals surface area contributed by atoms with Gasteiger partial charge in [0.1, 0.15) is 11.6 Å². The second-order valence-corrected chi connectivity index (χ2v) is 10.3. The molecule has 6 rings (SSSR count). The van der Waals surface area contributed by atoms with Crippen molar-refractivity contribution in [1.29, 1.82) is 0 Å². The third kappa shape index (κ3) is 5.02. The average Bonchev–Trinajstić information content (AvgIpc) is 3.56. The van der Waals surface area contributed by atoms with Crippen LogP contribution in [0.15, 0.2) is 47.2 Å². The lowest BCUT2D eigenvalue weighted by atomic mass is 9.88. The van der Waals surface area contributed by atoms with E-state index < -0.39 is 29.5 Å². The van der Waals surface area contributed by atoms with Crippen LogP contribution in [0.25, 0.3) is 11.3 Å². The topological polar surface area (TPSA) is 104 Å². The number of aromatic nitrogens is 3. The number of amides is 2. The molecular formula is C27H28F2N6O3. The van der Waals surface area contributed by atoms with E-state index in [9.17, 15) is 18.4 Å². The van der Waals surface area contributed by atoms with Crippen LogP contribution in [0.4, 0.5) is 8.78 Å². The molecule has 1 N–H and O–H groups in total. The van der Waals surface area contributed by atoms with E-state index in [1.807, 2.05) is 4.90 Å². The van der Waals surface area contributed by atoms with Gasteiger partial charge in [-0.1, -0.05) is 5.16 Å². The minimum absolute atomic E-state index is 0.00587. The molecule has 198 valence electrons. The second-order valence-electron chi connectivity index (χ2n) is 10.3. The first kappa shape index (κ1) is 24.6. The Balaban J connectivity index is 1.18. The maximum absolute atomic E-state index is 14.2. The Morgan fingerprint density at radius 3 is 2.58 bits per heavy atom. The molecule has 2 aromatic heterocycles. The van der Waals surface area contributed by atoms with Crippen LogP contribution in [0.5, 0.6) is 0 Å². The molecule has 0 unspecified atom stereocenters. The summed E-state index contributed by atoms with van der Waals surface area (Å²) in [5.41, 5.74) is -0.0267. The van der Waals surface area contributed by atoms with Crippen molar-refractivity contribution in [2.75, 3.05) is 26.2 Å². The van der Waals surface area contributed by atoms with E-state index in [0.717, 1.165) is 31.6 Å². The summed E-state index contributed by atoms with van der Waals surface area (Å²) in [6.07, 6.45) is 7.21. The maximum atomic E-state index is 14.2. The molecule has 3 aromatic rings. The molecule has 2 amide bonds. The summed E-state index contributed by atoms with van der Waals surface area (Å²) < 4.78 is 32.6. The molecule has 3 aliphatic rings. The molecule has 11 heteroatoms. The van der Waals surface area contributed by atoms with Crippen LogP contribution in [0, 0.1) is 23.5 Å². The number of benzene rings is 1. The van der Waals surface area contributed by atoms with Crippen molar-refractivity contribution < 1.29 is 22.9 Å². The van der Waals surface area contributed by atoms with E-state index in [0.29, 0.717) is 31.3 Å². The quantitative estimate of drug-likeness (QED) is 0.508. The zero-order chi connectivity index (χ0) is 26.2. The van der Waals surface area contributed by atoms with Gasteiger partial charge < -0.3 is 19.6 Å². The minimum atomic E-state index is -0.812. The lowest BCUT2D eigenvalue weighted by Crippen LogP contribution is -2.59. The molecule has 1 aromatic carbocycles. The number of hydrogen-bond acceptors (Lipinski definition) is 7. The molecule has 0 spiro atoms. The van der Waals surface area contributed by atoms with Crippen LogP contribution in [0.3, 0.4) is 0 Å². The molecule has 38 heavy (non-hydrogen) atoms. The summed E-state index contributed by atoms with van der Waals surface area (Å²) in [4.78, 5) is 39.7. The van der Waals surface area contributed by atoms with Gasteiger partial charge in [-0.3, -0.25) is 9.59 Å². The van der Waals surface area contributed by atoms with E-state index >= 15 is 0 Å². The van der Waals surface area contributed by atoms with E-state index in [1.165, 1.54) is 25.0 Å². The van der Waals surface area contributed by atoms with Crippen molar-refractivity contribution in [1.82, 2.24) is 30.2 Å². The van der Waals surface area contributed by atoms with Gasteiger partial charge in [-0.2, -0.15) is 0 Å². The number of carbonyl (C=O) groups excluding carboxylic acids is 2. The fourth-order valence-corrected chi connectivity index (χ4v) is 5.33. The molecule has 3 atom stereocenters. The number of halogens is 2. The molecule has 2 aliphatic heterocycles. The lowest BCUT2D eigenvalue weighted by molar-refractivity contribution is -0.147. The molecule has 9 nitrogen and oxygen atoms in total. The summed E-state index contributed by atoms with van der Waals surface area (Å²) in [6.45, 7) is 2.92. The first-order valence-corrected chi connectivity index (χ1v) is 13.0. The van der Waals surface area contributed by atoms with E-state index in [2.05, 4.69) is 25.3 Å². The fraction of sp³-hybridized carbons (Fsp3) is 0.444. The Morgan fingerprint density at radius 1 is 1.05 bits per heavy atom. The predicted octanol–water partition coefficient (Wildman–Crippen LogP) is 3.21. The molecule has 3 fully saturated rings. The van der Waals surface area contributed by atoms with E-state index in [-0.39, 0.29) is 29.0 Å². The number of likely N-dealkylation sites (tertiary alicyclic amines) is 2. The van der Waals surface area contributed by atoms with Crippen LogP contribution < -0.4 is 5.32 Å². The zero-order valence-corrected chi connectivity index (χ0v) is 20.7. The number of hydrogen-bond donors (Lipinski definition) is 1. The number of nitrogens with zero attached hydrogens (tertiary/aromatic N) is 5. The molecule has 2 saturated heterocycles. The van der Waals surface area contributed by atoms with Crippen molar-refractivity contribution in [3.8, 4) is 11.3 Å². The van der Waals surface area contributed by atoms with Crippen LogP contribution in [-0.4, -0.2) is 69.0 Å². The van der Waals surface area contributed by atoms with Crippen molar-refractivity contribution in [3.63, 3.8) is 0 Å². The monoisotopic (exact) mass is 522 g/mol. The standard InChI is InChI=1S/C27H28F2N6O3/c28-17-4-5-18(20(29)12-17)24-13-22(33-38-24)26(36)32-21-6-10-34(14-16-2-3-16)15-19(21)27(37)35-11-7-23(35)25-30-8-1-9-31-25/h1,4-5,8-9,12-13,16,19,21,23H,2-3,6-7,10-11,14-15H2,(H,32,36)/t19-,21-,23+/m0/s1. The van der Waals surface area contributed by atoms with E-state index in [1.54, 1.807) is 18.5 Å². The number of carbonyl (C=O) groups is 2. The first-order valence-electron chi connectivity index (χ1n) is 13.0. The predicted molar refractivity (Wildman–Crippen MR) is 131 cm³/mol. The molecule has 4 heterocycles. The van der Waals surface area contributed by atoms with Gasteiger partial charge in [-0.25, -0.2) is 18.7 Å². The third-order valence-corrected chi connectivity index (χ3v) is 7.67. The zero-order valence-electron chi connectivity index (χ0n) is 20.7. The van der Waals surface area contributed by atoms with Crippen LogP contribution >= 0.6 is 0 Å². The van der Waals surface area contributed by atoms with Gasteiger partial charge in [0.25, 0.3) is 5.91 Å². The largest absolute Gasteiger partial charge is 0.355 e. The summed E-state index contributed by atoms with van der Waals surface area (Å²) >= 11 is 0. The normalized spacial score (nSPS) is 23.6. The Bertz CT molecular complexity index is 1330. The first-order chi connectivity index (χ1) is 18.5. The summed E-state index contributed by atoms with van der Waals surface area (Å²) in [6, 6.07) is 5.59. The Labute approximate surface area is 218 Å². The van der Waals surface area contributed by atoms with Crippen LogP contribution in [0.1, 0.15) is 48.0 Å². The second kappa shape index (κ2) is 10.2. The highest BCUT2D eigenvalue weighted by Crippen LogP contribution is 2.35. The Morgan fingerprint density at radius 2 is 1.87 bits per heavy atom.